The Morgan fingerprint density at radius 2 is 1.94 bits per heavy atom. The van der Waals surface area contributed by atoms with E-state index in [0.29, 0.717) is 12.3 Å². The summed E-state index contributed by atoms with van der Waals surface area (Å²) in [5.41, 5.74) is 5.46. The summed E-state index contributed by atoms with van der Waals surface area (Å²) in [4.78, 5) is 11.7. The first kappa shape index (κ1) is 15.4. The molecule has 3 N–H and O–H groups in total. The van der Waals surface area contributed by atoms with Gasteiger partial charge >= 0.3 is 0 Å². The topological polar surface area (TPSA) is 55.1 Å². The van der Waals surface area contributed by atoms with Gasteiger partial charge in [0.1, 0.15) is 0 Å². The van der Waals surface area contributed by atoms with Gasteiger partial charge in [0.05, 0.1) is 0 Å². The summed E-state index contributed by atoms with van der Waals surface area (Å²) < 4.78 is 0. The van der Waals surface area contributed by atoms with Crippen LogP contribution in [0.2, 0.25) is 0 Å². The van der Waals surface area contributed by atoms with Gasteiger partial charge in [0.2, 0.25) is 5.91 Å². The molecule has 0 spiro atoms. The predicted octanol–water partition coefficient (Wildman–Crippen LogP) is 2.45. The monoisotopic (exact) mass is 228 g/mol. The van der Waals surface area contributed by atoms with Crippen molar-refractivity contribution in [1.29, 1.82) is 0 Å². The largest absolute Gasteiger partial charge is 0.351 e. The fraction of sp³-hybridized carbons (Fsp3) is 0.923. The van der Waals surface area contributed by atoms with Crippen molar-refractivity contribution in [3.05, 3.63) is 0 Å². The van der Waals surface area contributed by atoms with Crippen molar-refractivity contribution in [2.75, 3.05) is 6.54 Å². The predicted molar refractivity (Wildman–Crippen MR) is 69.2 cm³/mol. The molecule has 0 bridgehead atoms. The SMILES string of the molecule is CCC(CCN)CCC(=O)NC(C)(C)CC. The van der Waals surface area contributed by atoms with Crippen molar-refractivity contribution >= 4 is 5.91 Å². The summed E-state index contributed by atoms with van der Waals surface area (Å²) >= 11 is 0. The lowest BCUT2D eigenvalue weighted by Crippen LogP contribution is -2.42. The molecule has 0 radical (unpaired) electrons. The van der Waals surface area contributed by atoms with Crippen LogP contribution in [0.3, 0.4) is 0 Å². The van der Waals surface area contributed by atoms with E-state index >= 15 is 0 Å². The van der Waals surface area contributed by atoms with E-state index in [0.717, 1.165) is 32.2 Å². The van der Waals surface area contributed by atoms with Gasteiger partial charge < -0.3 is 11.1 Å². The summed E-state index contributed by atoms with van der Waals surface area (Å²) in [6.45, 7) is 9.09. The van der Waals surface area contributed by atoms with Crippen molar-refractivity contribution in [3.8, 4) is 0 Å². The zero-order valence-corrected chi connectivity index (χ0v) is 11.3. The molecule has 0 aliphatic rings. The molecule has 0 aliphatic carbocycles. The van der Waals surface area contributed by atoms with Crippen molar-refractivity contribution in [2.45, 2.75) is 65.3 Å². The van der Waals surface area contributed by atoms with Crippen molar-refractivity contribution in [3.63, 3.8) is 0 Å². The third kappa shape index (κ3) is 6.83. The third-order valence-electron chi connectivity index (χ3n) is 3.29. The molecule has 0 aliphatic heterocycles. The average Bonchev–Trinajstić information content (AvgIpc) is 2.23. The van der Waals surface area contributed by atoms with Gasteiger partial charge in [0.25, 0.3) is 0 Å². The molecule has 3 heteroatoms. The number of hydrogen-bond acceptors (Lipinski definition) is 2. The zero-order valence-electron chi connectivity index (χ0n) is 11.3. The molecule has 16 heavy (non-hydrogen) atoms. The Balaban J connectivity index is 3.88. The summed E-state index contributed by atoms with van der Waals surface area (Å²) in [7, 11) is 0. The number of nitrogens with one attached hydrogen (secondary N) is 1. The molecule has 0 fully saturated rings. The summed E-state index contributed by atoms with van der Waals surface area (Å²) in [6, 6.07) is 0. The van der Waals surface area contributed by atoms with Crippen LogP contribution < -0.4 is 11.1 Å². The molecule has 1 atom stereocenters. The van der Waals surface area contributed by atoms with Gasteiger partial charge in [-0.15, -0.1) is 0 Å². The highest BCUT2D eigenvalue weighted by Gasteiger charge is 2.18. The Labute approximate surface area is 100 Å². The maximum atomic E-state index is 11.7. The van der Waals surface area contributed by atoms with E-state index in [2.05, 4.69) is 33.0 Å². The molecule has 1 unspecified atom stereocenters. The molecule has 96 valence electrons. The maximum Gasteiger partial charge on any atom is 0.220 e. The summed E-state index contributed by atoms with van der Waals surface area (Å²) in [5.74, 6) is 0.766. The van der Waals surface area contributed by atoms with Gasteiger partial charge in [0, 0.05) is 12.0 Å². The fourth-order valence-electron chi connectivity index (χ4n) is 1.65. The number of nitrogens with two attached hydrogens (primary N) is 1. The Hall–Kier alpha value is -0.570. The van der Waals surface area contributed by atoms with Crippen LogP contribution in [-0.2, 0) is 4.79 Å². The molecular formula is C13H28N2O. The van der Waals surface area contributed by atoms with E-state index in [1.807, 2.05) is 0 Å². The van der Waals surface area contributed by atoms with E-state index in [-0.39, 0.29) is 11.4 Å². The normalized spacial score (nSPS) is 13.6. The van der Waals surface area contributed by atoms with Gasteiger partial charge in [0.15, 0.2) is 0 Å². The van der Waals surface area contributed by atoms with Crippen LogP contribution in [0, 0.1) is 5.92 Å². The first-order valence-electron chi connectivity index (χ1n) is 6.46. The molecule has 0 rings (SSSR count). The number of rotatable bonds is 8. The second kappa shape index (κ2) is 7.66. The minimum Gasteiger partial charge on any atom is -0.351 e. The fourth-order valence-corrected chi connectivity index (χ4v) is 1.65. The average molecular weight is 228 g/mol. The number of amides is 1. The van der Waals surface area contributed by atoms with Crippen LogP contribution >= 0.6 is 0 Å². The standard InChI is InChI=1S/C13H28N2O/c1-5-11(9-10-14)7-8-12(16)15-13(3,4)6-2/h11H,5-10,14H2,1-4H3,(H,15,16). The highest BCUT2D eigenvalue weighted by atomic mass is 16.1. The van der Waals surface area contributed by atoms with E-state index in [4.69, 9.17) is 5.73 Å². The van der Waals surface area contributed by atoms with E-state index in [9.17, 15) is 4.79 Å². The maximum absolute atomic E-state index is 11.7. The van der Waals surface area contributed by atoms with Gasteiger partial charge in [-0.2, -0.15) is 0 Å². The van der Waals surface area contributed by atoms with Gasteiger partial charge in [-0.25, -0.2) is 0 Å². The lowest BCUT2D eigenvalue weighted by molar-refractivity contribution is -0.123. The van der Waals surface area contributed by atoms with Crippen molar-refractivity contribution in [2.24, 2.45) is 11.7 Å². The van der Waals surface area contributed by atoms with Gasteiger partial charge in [-0.05, 0) is 45.6 Å². The summed E-state index contributed by atoms with van der Waals surface area (Å²) in [5, 5.41) is 3.06. The van der Waals surface area contributed by atoms with E-state index in [1.165, 1.54) is 0 Å². The molecular weight excluding hydrogens is 200 g/mol. The molecule has 0 heterocycles. The minimum atomic E-state index is -0.0767. The van der Waals surface area contributed by atoms with Crippen molar-refractivity contribution < 1.29 is 4.79 Å². The van der Waals surface area contributed by atoms with Crippen LogP contribution in [-0.4, -0.2) is 18.0 Å². The number of carbonyl (C=O) groups is 1. The first-order valence-corrected chi connectivity index (χ1v) is 6.46. The second-order valence-electron chi connectivity index (χ2n) is 5.18. The van der Waals surface area contributed by atoms with Gasteiger partial charge in [-0.1, -0.05) is 20.3 Å². The molecule has 0 aromatic heterocycles. The highest BCUT2D eigenvalue weighted by molar-refractivity contribution is 5.76. The lowest BCUT2D eigenvalue weighted by Gasteiger charge is -2.25. The Morgan fingerprint density at radius 3 is 2.38 bits per heavy atom. The molecule has 1 amide bonds. The quantitative estimate of drug-likeness (QED) is 0.670. The van der Waals surface area contributed by atoms with Crippen LogP contribution in [0.5, 0.6) is 0 Å². The first-order chi connectivity index (χ1) is 7.45. The Morgan fingerprint density at radius 1 is 1.31 bits per heavy atom. The zero-order chi connectivity index (χ0) is 12.6. The van der Waals surface area contributed by atoms with Crippen LogP contribution in [0.15, 0.2) is 0 Å². The Bertz CT molecular complexity index is 202. The van der Waals surface area contributed by atoms with Crippen LogP contribution in [0.25, 0.3) is 0 Å². The lowest BCUT2D eigenvalue weighted by atomic mass is 9.95. The van der Waals surface area contributed by atoms with E-state index < -0.39 is 0 Å². The Kier molecular flexibility index (Phi) is 7.39. The van der Waals surface area contributed by atoms with E-state index in [1.54, 1.807) is 0 Å². The highest BCUT2D eigenvalue weighted by Crippen LogP contribution is 2.15. The molecule has 3 nitrogen and oxygen atoms in total. The third-order valence-corrected chi connectivity index (χ3v) is 3.29. The van der Waals surface area contributed by atoms with Crippen LogP contribution in [0.4, 0.5) is 0 Å². The number of carbonyl (C=O) groups excluding carboxylic acids is 1. The van der Waals surface area contributed by atoms with Gasteiger partial charge in [-0.3, -0.25) is 4.79 Å². The second-order valence-corrected chi connectivity index (χ2v) is 5.18. The molecule has 0 saturated heterocycles. The molecule has 0 saturated carbocycles. The number of hydrogen-bond donors (Lipinski definition) is 2. The van der Waals surface area contributed by atoms with Crippen molar-refractivity contribution in [1.82, 2.24) is 5.32 Å². The van der Waals surface area contributed by atoms with Crippen LogP contribution in [0.1, 0.15) is 59.8 Å². The smallest absolute Gasteiger partial charge is 0.220 e. The summed E-state index contributed by atoms with van der Waals surface area (Å²) in [6.07, 6.45) is 4.68. The minimum absolute atomic E-state index is 0.0767. The molecule has 0 aromatic rings. The molecule has 0 aromatic carbocycles.